The number of nitrogens with zero attached hydrogens (tertiary/aromatic N) is 2. The molecule has 1 rings (SSSR count). The van der Waals surface area contributed by atoms with Crippen LogP contribution in [0.25, 0.3) is 0 Å². The number of esters is 1. The van der Waals surface area contributed by atoms with Gasteiger partial charge in [-0.2, -0.15) is 0 Å². The number of hydrogen-bond acceptors (Lipinski definition) is 5. The van der Waals surface area contributed by atoms with Crippen LogP contribution in [-0.2, 0) is 9.53 Å². The molecule has 1 aromatic rings. The summed E-state index contributed by atoms with van der Waals surface area (Å²) in [5, 5.41) is 0. The minimum absolute atomic E-state index is 0.00338. The SMILES string of the molecule is COC(=O)CN(C)c1ncc[nH]c1=O. The van der Waals surface area contributed by atoms with Crippen LogP contribution >= 0.6 is 0 Å². The van der Waals surface area contributed by atoms with E-state index in [0.717, 1.165) is 0 Å². The summed E-state index contributed by atoms with van der Waals surface area (Å²) in [5.41, 5.74) is -0.334. The first-order valence-electron chi connectivity index (χ1n) is 3.97. The lowest BCUT2D eigenvalue weighted by molar-refractivity contribution is -0.138. The molecule has 0 aromatic carbocycles. The summed E-state index contributed by atoms with van der Waals surface area (Å²) in [6.07, 6.45) is 2.88. The van der Waals surface area contributed by atoms with Gasteiger partial charge in [-0.15, -0.1) is 0 Å². The standard InChI is InChI=1S/C8H11N3O3/c1-11(5-6(12)14-2)7-8(13)10-4-3-9-7/h3-4H,5H2,1-2H3,(H,10,13). The second-order valence-corrected chi connectivity index (χ2v) is 2.67. The largest absolute Gasteiger partial charge is 0.468 e. The maximum atomic E-state index is 11.2. The van der Waals surface area contributed by atoms with Gasteiger partial charge < -0.3 is 14.6 Å². The van der Waals surface area contributed by atoms with Gasteiger partial charge in [-0.3, -0.25) is 9.59 Å². The van der Waals surface area contributed by atoms with Crippen molar-refractivity contribution in [3.8, 4) is 0 Å². The predicted octanol–water partition coefficient (Wildman–Crippen LogP) is -0.621. The Morgan fingerprint density at radius 2 is 2.43 bits per heavy atom. The monoisotopic (exact) mass is 197 g/mol. The van der Waals surface area contributed by atoms with Crippen LogP contribution in [0.3, 0.4) is 0 Å². The van der Waals surface area contributed by atoms with Crippen LogP contribution in [0.4, 0.5) is 5.82 Å². The van der Waals surface area contributed by atoms with Gasteiger partial charge in [-0.1, -0.05) is 0 Å². The van der Waals surface area contributed by atoms with Crippen molar-refractivity contribution >= 4 is 11.8 Å². The first-order chi connectivity index (χ1) is 6.65. The number of nitrogens with one attached hydrogen (secondary N) is 1. The summed E-state index contributed by atoms with van der Waals surface area (Å²) in [5.74, 6) is -0.226. The number of hydrogen-bond donors (Lipinski definition) is 1. The summed E-state index contributed by atoms with van der Waals surface area (Å²) in [7, 11) is 2.88. The highest BCUT2D eigenvalue weighted by Gasteiger charge is 2.10. The number of ether oxygens (including phenoxy) is 1. The molecule has 0 saturated heterocycles. The molecule has 0 fully saturated rings. The van der Waals surface area contributed by atoms with Gasteiger partial charge in [0.05, 0.1) is 7.11 Å². The second kappa shape index (κ2) is 4.40. The van der Waals surface area contributed by atoms with E-state index in [4.69, 9.17) is 0 Å². The van der Waals surface area contributed by atoms with Crippen molar-refractivity contribution in [3.05, 3.63) is 22.7 Å². The third-order valence-corrected chi connectivity index (χ3v) is 1.64. The molecule has 6 nitrogen and oxygen atoms in total. The fraction of sp³-hybridized carbons (Fsp3) is 0.375. The fourth-order valence-corrected chi connectivity index (χ4v) is 0.949. The molecule has 0 radical (unpaired) electrons. The number of aromatic nitrogens is 2. The number of H-pyrrole nitrogens is 1. The van der Waals surface area contributed by atoms with Crippen LogP contribution in [-0.4, -0.2) is 36.6 Å². The number of carbonyl (C=O) groups excluding carboxylic acids is 1. The number of carbonyl (C=O) groups is 1. The van der Waals surface area contributed by atoms with E-state index in [9.17, 15) is 9.59 Å². The first-order valence-corrected chi connectivity index (χ1v) is 3.97. The van der Waals surface area contributed by atoms with Gasteiger partial charge in [0.1, 0.15) is 6.54 Å². The normalized spacial score (nSPS) is 9.57. The Hall–Kier alpha value is -1.85. The van der Waals surface area contributed by atoms with Crippen LogP contribution in [0.5, 0.6) is 0 Å². The summed E-state index contributed by atoms with van der Waals surface area (Å²) in [6, 6.07) is 0. The Bertz CT molecular complexity index is 374. The first kappa shape index (κ1) is 10.2. The lowest BCUT2D eigenvalue weighted by Crippen LogP contribution is -2.31. The van der Waals surface area contributed by atoms with Crippen molar-refractivity contribution in [2.45, 2.75) is 0 Å². The predicted molar refractivity (Wildman–Crippen MR) is 50.1 cm³/mol. The van der Waals surface area contributed by atoms with Crippen LogP contribution in [0, 0.1) is 0 Å². The summed E-state index contributed by atoms with van der Waals surface area (Å²) >= 11 is 0. The molecular formula is C8H11N3O3. The zero-order valence-corrected chi connectivity index (χ0v) is 7.98. The Kier molecular flexibility index (Phi) is 3.22. The third-order valence-electron chi connectivity index (χ3n) is 1.64. The molecule has 0 bridgehead atoms. The molecule has 14 heavy (non-hydrogen) atoms. The number of anilines is 1. The van der Waals surface area contributed by atoms with Crippen molar-refractivity contribution in [2.75, 3.05) is 25.6 Å². The Morgan fingerprint density at radius 3 is 3.00 bits per heavy atom. The number of likely N-dealkylation sites (N-methyl/N-ethyl adjacent to an activating group) is 1. The van der Waals surface area contributed by atoms with Crippen LogP contribution in [0.1, 0.15) is 0 Å². The molecule has 0 saturated carbocycles. The van der Waals surface area contributed by atoms with E-state index in [0.29, 0.717) is 0 Å². The molecule has 6 heteroatoms. The summed E-state index contributed by atoms with van der Waals surface area (Å²) in [6.45, 7) is -0.00338. The molecule has 1 N–H and O–H groups in total. The van der Waals surface area contributed by atoms with Crippen molar-refractivity contribution in [1.82, 2.24) is 9.97 Å². The molecule has 0 amide bonds. The maximum Gasteiger partial charge on any atom is 0.325 e. The maximum absolute atomic E-state index is 11.2. The quantitative estimate of drug-likeness (QED) is 0.653. The van der Waals surface area contributed by atoms with Crippen LogP contribution < -0.4 is 10.5 Å². The minimum Gasteiger partial charge on any atom is -0.468 e. The van der Waals surface area contributed by atoms with E-state index in [1.54, 1.807) is 7.05 Å². The Morgan fingerprint density at radius 1 is 1.71 bits per heavy atom. The zero-order valence-electron chi connectivity index (χ0n) is 7.98. The number of methoxy groups -OCH3 is 1. The average Bonchev–Trinajstić information content (AvgIpc) is 2.18. The number of aromatic amines is 1. The highest BCUT2D eigenvalue weighted by atomic mass is 16.5. The average molecular weight is 197 g/mol. The molecule has 1 aromatic heterocycles. The highest BCUT2D eigenvalue weighted by molar-refractivity contribution is 5.74. The molecule has 76 valence electrons. The van der Waals surface area contributed by atoms with Crippen molar-refractivity contribution in [3.63, 3.8) is 0 Å². The van der Waals surface area contributed by atoms with Gasteiger partial charge >= 0.3 is 5.97 Å². The van der Waals surface area contributed by atoms with Gasteiger partial charge in [0.15, 0.2) is 5.82 Å². The second-order valence-electron chi connectivity index (χ2n) is 2.67. The molecule has 0 aliphatic heterocycles. The van der Waals surface area contributed by atoms with Gasteiger partial charge in [-0.05, 0) is 0 Å². The van der Waals surface area contributed by atoms with Gasteiger partial charge in [0, 0.05) is 19.4 Å². The highest BCUT2D eigenvalue weighted by Crippen LogP contribution is 1.98. The summed E-state index contributed by atoms with van der Waals surface area (Å²) < 4.78 is 4.46. The van der Waals surface area contributed by atoms with E-state index in [2.05, 4.69) is 14.7 Å². The van der Waals surface area contributed by atoms with E-state index in [1.165, 1.54) is 24.4 Å². The topological polar surface area (TPSA) is 75.3 Å². The van der Waals surface area contributed by atoms with E-state index < -0.39 is 5.97 Å². The van der Waals surface area contributed by atoms with Crippen molar-refractivity contribution in [1.29, 1.82) is 0 Å². The van der Waals surface area contributed by atoms with Crippen LogP contribution in [0.2, 0.25) is 0 Å². The number of rotatable bonds is 3. The molecule has 0 aliphatic rings. The molecule has 1 heterocycles. The van der Waals surface area contributed by atoms with Crippen molar-refractivity contribution in [2.24, 2.45) is 0 Å². The van der Waals surface area contributed by atoms with E-state index >= 15 is 0 Å². The summed E-state index contributed by atoms with van der Waals surface area (Å²) in [4.78, 5) is 29.8. The zero-order chi connectivity index (χ0) is 10.6. The van der Waals surface area contributed by atoms with Gasteiger partial charge in [-0.25, -0.2) is 4.98 Å². The van der Waals surface area contributed by atoms with Crippen molar-refractivity contribution < 1.29 is 9.53 Å². The third kappa shape index (κ3) is 2.32. The minimum atomic E-state index is -0.419. The van der Waals surface area contributed by atoms with Crippen LogP contribution in [0.15, 0.2) is 17.2 Å². The van der Waals surface area contributed by atoms with Gasteiger partial charge in [0.2, 0.25) is 0 Å². The fourth-order valence-electron chi connectivity index (χ4n) is 0.949. The molecule has 0 unspecified atom stereocenters. The lowest BCUT2D eigenvalue weighted by Gasteiger charge is -2.14. The molecule has 0 aliphatic carbocycles. The smallest absolute Gasteiger partial charge is 0.325 e. The molecule has 0 spiro atoms. The van der Waals surface area contributed by atoms with E-state index in [1.807, 2.05) is 0 Å². The van der Waals surface area contributed by atoms with E-state index in [-0.39, 0.29) is 17.9 Å². The Balaban J connectivity index is 2.80. The Labute approximate surface area is 80.5 Å². The molecule has 0 atom stereocenters. The van der Waals surface area contributed by atoms with Gasteiger partial charge in [0.25, 0.3) is 5.56 Å². The molecular weight excluding hydrogens is 186 g/mol. The lowest BCUT2D eigenvalue weighted by atomic mass is 10.5.